The van der Waals surface area contributed by atoms with Gasteiger partial charge in [-0.1, -0.05) is 6.07 Å². The maximum absolute atomic E-state index is 14.2. The standard InChI is InChI=1S/C19H20FNO4S2/c1-2-24-19-8-7-17(13-18(19)20)27(22,23)21(14-15-5-3-11-25-15)10-9-16-6-4-12-26-16/h3-8,11-13H,2,9-10,14H2,1H3. The van der Waals surface area contributed by atoms with Crippen LogP contribution < -0.4 is 4.74 Å². The van der Waals surface area contributed by atoms with Crippen LogP contribution in [-0.2, 0) is 23.0 Å². The Kier molecular flexibility index (Phi) is 6.30. The van der Waals surface area contributed by atoms with Crippen molar-refractivity contribution in [2.45, 2.75) is 24.8 Å². The molecule has 0 amide bonds. The first-order valence-corrected chi connectivity index (χ1v) is 10.8. The van der Waals surface area contributed by atoms with E-state index in [9.17, 15) is 12.8 Å². The summed E-state index contributed by atoms with van der Waals surface area (Å²) in [5.41, 5.74) is 0. The molecule has 5 nitrogen and oxygen atoms in total. The lowest BCUT2D eigenvalue weighted by atomic mass is 10.3. The van der Waals surface area contributed by atoms with Crippen molar-refractivity contribution in [1.29, 1.82) is 0 Å². The first-order valence-electron chi connectivity index (χ1n) is 8.48. The lowest BCUT2D eigenvalue weighted by molar-refractivity contribution is 0.320. The highest BCUT2D eigenvalue weighted by Crippen LogP contribution is 2.25. The van der Waals surface area contributed by atoms with Crippen LogP contribution in [-0.4, -0.2) is 25.9 Å². The highest BCUT2D eigenvalue weighted by Gasteiger charge is 2.26. The number of benzene rings is 1. The smallest absolute Gasteiger partial charge is 0.243 e. The Bertz CT molecular complexity index is 954. The molecule has 2 aromatic heterocycles. The van der Waals surface area contributed by atoms with Crippen molar-refractivity contribution in [2.75, 3.05) is 13.2 Å². The molecule has 0 saturated heterocycles. The zero-order chi connectivity index (χ0) is 19.3. The van der Waals surface area contributed by atoms with Crippen LogP contribution in [0, 0.1) is 5.82 Å². The van der Waals surface area contributed by atoms with Crippen molar-refractivity contribution >= 4 is 21.4 Å². The Hall–Kier alpha value is -2.16. The van der Waals surface area contributed by atoms with Gasteiger partial charge in [-0.05, 0) is 55.1 Å². The van der Waals surface area contributed by atoms with E-state index in [1.165, 1.54) is 22.7 Å². The third kappa shape index (κ3) is 4.77. The topological polar surface area (TPSA) is 59.8 Å². The van der Waals surface area contributed by atoms with Crippen molar-refractivity contribution in [3.8, 4) is 5.75 Å². The van der Waals surface area contributed by atoms with Gasteiger partial charge in [0.15, 0.2) is 11.6 Å². The van der Waals surface area contributed by atoms with E-state index in [1.807, 2.05) is 17.5 Å². The number of ether oxygens (including phenoxy) is 1. The second-order valence-electron chi connectivity index (χ2n) is 5.77. The maximum atomic E-state index is 14.2. The van der Waals surface area contributed by atoms with Crippen LogP contribution in [0.3, 0.4) is 0 Å². The number of rotatable bonds is 9. The van der Waals surface area contributed by atoms with Crippen molar-refractivity contribution in [2.24, 2.45) is 0 Å². The highest BCUT2D eigenvalue weighted by molar-refractivity contribution is 7.89. The third-order valence-corrected chi connectivity index (χ3v) is 6.72. The molecule has 0 atom stereocenters. The number of hydrogen-bond acceptors (Lipinski definition) is 5. The van der Waals surface area contributed by atoms with Crippen LogP contribution in [0.25, 0.3) is 0 Å². The van der Waals surface area contributed by atoms with Gasteiger partial charge in [0.2, 0.25) is 10.0 Å². The van der Waals surface area contributed by atoms with E-state index in [0.29, 0.717) is 18.8 Å². The molecule has 1 aromatic carbocycles. The zero-order valence-corrected chi connectivity index (χ0v) is 16.4. The molecule has 0 unspecified atom stereocenters. The number of furan rings is 1. The van der Waals surface area contributed by atoms with Crippen molar-refractivity contribution in [1.82, 2.24) is 4.31 Å². The van der Waals surface area contributed by atoms with Gasteiger partial charge in [-0.25, -0.2) is 12.8 Å². The first-order chi connectivity index (χ1) is 13.0. The van der Waals surface area contributed by atoms with Gasteiger partial charge in [0, 0.05) is 11.4 Å². The summed E-state index contributed by atoms with van der Waals surface area (Å²) in [6.45, 7) is 2.38. The number of nitrogens with zero attached hydrogens (tertiary/aromatic N) is 1. The Balaban J connectivity index is 1.87. The summed E-state index contributed by atoms with van der Waals surface area (Å²) in [4.78, 5) is 0.966. The predicted octanol–water partition coefficient (Wildman–Crippen LogP) is 4.31. The monoisotopic (exact) mass is 409 g/mol. The minimum Gasteiger partial charge on any atom is -0.491 e. The minimum absolute atomic E-state index is 0.0348. The van der Waals surface area contributed by atoms with Gasteiger partial charge in [0.25, 0.3) is 0 Å². The summed E-state index contributed by atoms with van der Waals surface area (Å²) in [5, 5.41) is 1.95. The van der Waals surface area contributed by atoms with E-state index >= 15 is 0 Å². The lowest BCUT2D eigenvalue weighted by Crippen LogP contribution is -2.32. The summed E-state index contributed by atoms with van der Waals surface area (Å²) in [6.07, 6.45) is 2.06. The fraction of sp³-hybridized carbons (Fsp3) is 0.263. The quantitative estimate of drug-likeness (QED) is 0.528. The zero-order valence-electron chi connectivity index (χ0n) is 14.8. The van der Waals surface area contributed by atoms with Gasteiger partial charge in [0.05, 0.1) is 24.3 Å². The van der Waals surface area contributed by atoms with Crippen molar-refractivity contribution < 1.29 is 22.0 Å². The second kappa shape index (κ2) is 8.69. The van der Waals surface area contributed by atoms with Gasteiger partial charge >= 0.3 is 0 Å². The van der Waals surface area contributed by atoms with Crippen LogP contribution in [0.1, 0.15) is 17.6 Å². The molecule has 3 rings (SSSR count). The number of hydrogen-bond donors (Lipinski definition) is 0. The Labute approximate surface area is 162 Å². The molecule has 0 fully saturated rings. The molecule has 3 aromatic rings. The molecule has 0 saturated carbocycles. The molecule has 0 aliphatic carbocycles. The predicted molar refractivity (Wildman–Crippen MR) is 102 cm³/mol. The van der Waals surface area contributed by atoms with E-state index < -0.39 is 15.8 Å². The molecule has 27 heavy (non-hydrogen) atoms. The average molecular weight is 410 g/mol. The summed E-state index contributed by atoms with van der Waals surface area (Å²) in [5.74, 6) is -0.141. The highest BCUT2D eigenvalue weighted by atomic mass is 32.2. The number of halogens is 1. The Morgan fingerprint density at radius 1 is 1.22 bits per heavy atom. The molecular formula is C19H20FNO4S2. The van der Waals surface area contributed by atoms with Crippen LogP contribution in [0.2, 0.25) is 0 Å². The van der Waals surface area contributed by atoms with Gasteiger partial charge in [-0.3, -0.25) is 0 Å². The minimum atomic E-state index is -3.90. The summed E-state index contributed by atoms with van der Waals surface area (Å²) < 4.78 is 52.2. The molecular weight excluding hydrogens is 389 g/mol. The van der Waals surface area contributed by atoms with Crippen LogP contribution in [0.5, 0.6) is 5.75 Å². The van der Waals surface area contributed by atoms with E-state index in [-0.39, 0.29) is 23.7 Å². The lowest BCUT2D eigenvalue weighted by Gasteiger charge is -2.21. The van der Waals surface area contributed by atoms with Crippen LogP contribution in [0.15, 0.2) is 63.4 Å². The average Bonchev–Trinajstić information content (AvgIpc) is 3.34. The van der Waals surface area contributed by atoms with E-state index in [0.717, 1.165) is 10.9 Å². The SMILES string of the molecule is CCOc1ccc(S(=O)(=O)N(CCc2cccs2)Cc2ccco2)cc1F. The summed E-state index contributed by atoms with van der Waals surface area (Å²) >= 11 is 1.57. The molecule has 8 heteroatoms. The molecule has 0 bridgehead atoms. The molecule has 0 N–H and O–H groups in total. The van der Waals surface area contributed by atoms with E-state index in [4.69, 9.17) is 9.15 Å². The largest absolute Gasteiger partial charge is 0.491 e. The van der Waals surface area contributed by atoms with Crippen LogP contribution in [0.4, 0.5) is 4.39 Å². The molecule has 144 valence electrons. The summed E-state index contributed by atoms with van der Waals surface area (Å²) in [6, 6.07) is 11.0. The van der Waals surface area contributed by atoms with Gasteiger partial charge in [-0.2, -0.15) is 4.31 Å². The maximum Gasteiger partial charge on any atom is 0.243 e. The van der Waals surface area contributed by atoms with Crippen LogP contribution >= 0.6 is 11.3 Å². The summed E-state index contributed by atoms with van der Waals surface area (Å²) in [7, 11) is -3.90. The Morgan fingerprint density at radius 3 is 2.70 bits per heavy atom. The van der Waals surface area contributed by atoms with Gasteiger partial charge in [-0.15, -0.1) is 11.3 Å². The number of thiophene rings is 1. The normalized spacial score (nSPS) is 11.8. The second-order valence-corrected chi connectivity index (χ2v) is 8.74. The fourth-order valence-corrected chi connectivity index (χ4v) is 4.73. The molecule has 0 aliphatic heterocycles. The molecule has 0 spiro atoms. The first kappa shape index (κ1) is 19.6. The molecule has 0 aliphatic rings. The van der Waals surface area contributed by atoms with E-state index in [2.05, 4.69) is 0 Å². The number of sulfonamides is 1. The van der Waals surface area contributed by atoms with Gasteiger partial charge < -0.3 is 9.15 Å². The van der Waals surface area contributed by atoms with Gasteiger partial charge in [0.1, 0.15) is 5.76 Å². The third-order valence-electron chi connectivity index (χ3n) is 3.94. The Morgan fingerprint density at radius 2 is 2.07 bits per heavy atom. The molecule has 0 radical (unpaired) electrons. The molecule has 2 heterocycles. The van der Waals surface area contributed by atoms with E-state index in [1.54, 1.807) is 30.4 Å². The van der Waals surface area contributed by atoms with Crippen molar-refractivity contribution in [3.63, 3.8) is 0 Å². The van der Waals surface area contributed by atoms with Crippen molar-refractivity contribution in [3.05, 3.63) is 70.6 Å². The fourth-order valence-electron chi connectivity index (χ4n) is 2.61.